The fourth-order valence-electron chi connectivity index (χ4n) is 1.54. The summed E-state index contributed by atoms with van der Waals surface area (Å²) in [7, 11) is 0. The highest BCUT2D eigenvalue weighted by molar-refractivity contribution is 5.00. The Hall–Kier alpha value is -0.900. The predicted molar refractivity (Wildman–Crippen MR) is 56.8 cm³/mol. The summed E-state index contributed by atoms with van der Waals surface area (Å²) in [6.45, 7) is 9.23. The van der Waals surface area contributed by atoms with Crippen LogP contribution in [0.15, 0.2) is 0 Å². The molecule has 2 N–H and O–H groups in total. The van der Waals surface area contributed by atoms with Gasteiger partial charge in [-0.3, -0.25) is 0 Å². The van der Waals surface area contributed by atoms with Gasteiger partial charge in [0.1, 0.15) is 11.6 Å². The molecule has 0 radical (unpaired) electrons. The van der Waals surface area contributed by atoms with Gasteiger partial charge < -0.3 is 10.3 Å². The standard InChI is InChI=1S/C10H20N4/c1-5-7(3)9(11)10-13-12-8(4)14(10)6-2/h7,9H,5-6,11H2,1-4H3. The summed E-state index contributed by atoms with van der Waals surface area (Å²) in [4.78, 5) is 0. The molecular weight excluding hydrogens is 176 g/mol. The molecule has 0 fully saturated rings. The molecule has 1 rings (SSSR count). The van der Waals surface area contributed by atoms with Crippen molar-refractivity contribution in [3.05, 3.63) is 11.6 Å². The second kappa shape index (κ2) is 4.55. The van der Waals surface area contributed by atoms with E-state index in [2.05, 4.69) is 35.5 Å². The fourth-order valence-corrected chi connectivity index (χ4v) is 1.54. The Morgan fingerprint density at radius 2 is 2.00 bits per heavy atom. The molecule has 1 heterocycles. The van der Waals surface area contributed by atoms with Crippen molar-refractivity contribution in [2.75, 3.05) is 0 Å². The molecule has 1 aromatic rings. The molecule has 14 heavy (non-hydrogen) atoms. The van der Waals surface area contributed by atoms with E-state index < -0.39 is 0 Å². The average Bonchev–Trinajstić information content (AvgIpc) is 2.57. The average molecular weight is 196 g/mol. The first-order chi connectivity index (χ1) is 6.61. The van der Waals surface area contributed by atoms with Crippen molar-refractivity contribution >= 4 is 0 Å². The molecule has 2 unspecified atom stereocenters. The lowest BCUT2D eigenvalue weighted by Crippen LogP contribution is -2.23. The van der Waals surface area contributed by atoms with Gasteiger partial charge in [-0.1, -0.05) is 20.3 Å². The second-order valence-electron chi connectivity index (χ2n) is 3.76. The molecule has 0 bridgehead atoms. The van der Waals surface area contributed by atoms with E-state index in [0.717, 1.165) is 24.6 Å². The first-order valence-corrected chi connectivity index (χ1v) is 5.27. The maximum absolute atomic E-state index is 6.12. The Balaban J connectivity index is 2.94. The van der Waals surface area contributed by atoms with E-state index in [9.17, 15) is 0 Å². The minimum atomic E-state index is 0.00106. The van der Waals surface area contributed by atoms with Gasteiger partial charge in [-0.15, -0.1) is 10.2 Å². The van der Waals surface area contributed by atoms with E-state index in [-0.39, 0.29) is 6.04 Å². The number of nitrogens with zero attached hydrogens (tertiary/aromatic N) is 3. The summed E-state index contributed by atoms with van der Waals surface area (Å²) < 4.78 is 2.08. The Morgan fingerprint density at radius 1 is 1.36 bits per heavy atom. The highest BCUT2D eigenvalue weighted by atomic mass is 15.3. The van der Waals surface area contributed by atoms with Crippen LogP contribution in [0.3, 0.4) is 0 Å². The third-order valence-corrected chi connectivity index (χ3v) is 2.84. The summed E-state index contributed by atoms with van der Waals surface area (Å²) in [5, 5.41) is 8.20. The summed E-state index contributed by atoms with van der Waals surface area (Å²) in [5.41, 5.74) is 6.12. The van der Waals surface area contributed by atoms with Crippen molar-refractivity contribution in [1.82, 2.24) is 14.8 Å². The van der Waals surface area contributed by atoms with Crippen molar-refractivity contribution in [2.24, 2.45) is 11.7 Å². The fraction of sp³-hybridized carbons (Fsp3) is 0.800. The SMILES string of the molecule is CCC(C)C(N)c1nnc(C)n1CC. The van der Waals surface area contributed by atoms with Gasteiger partial charge in [0.05, 0.1) is 6.04 Å². The zero-order chi connectivity index (χ0) is 10.7. The van der Waals surface area contributed by atoms with Crippen LogP contribution in [0, 0.1) is 12.8 Å². The van der Waals surface area contributed by atoms with Gasteiger partial charge in [-0.2, -0.15) is 0 Å². The van der Waals surface area contributed by atoms with Crippen LogP contribution in [0.5, 0.6) is 0 Å². The Kier molecular flexibility index (Phi) is 3.63. The van der Waals surface area contributed by atoms with Gasteiger partial charge in [-0.25, -0.2) is 0 Å². The van der Waals surface area contributed by atoms with E-state index >= 15 is 0 Å². The third-order valence-electron chi connectivity index (χ3n) is 2.84. The van der Waals surface area contributed by atoms with Crippen LogP contribution in [0.25, 0.3) is 0 Å². The molecule has 1 aromatic heterocycles. The predicted octanol–water partition coefficient (Wildman–Crippen LogP) is 1.65. The summed E-state index contributed by atoms with van der Waals surface area (Å²) in [6.07, 6.45) is 1.07. The second-order valence-corrected chi connectivity index (χ2v) is 3.76. The maximum Gasteiger partial charge on any atom is 0.150 e. The van der Waals surface area contributed by atoms with Crippen molar-refractivity contribution in [2.45, 2.75) is 46.7 Å². The molecule has 4 nitrogen and oxygen atoms in total. The highest BCUT2D eigenvalue weighted by Crippen LogP contribution is 2.20. The first-order valence-electron chi connectivity index (χ1n) is 5.27. The van der Waals surface area contributed by atoms with Gasteiger partial charge >= 0.3 is 0 Å². The number of hydrogen-bond acceptors (Lipinski definition) is 3. The quantitative estimate of drug-likeness (QED) is 0.796. The topological polar surface area (TPSA) is 56.7 Å². The molecule has 0 spiro atoms. The van der Waals surface area contributed by atoms with Crippen LogP contribution >= 0.6 is 0 Å². The van der Waals surface area contributed by atoms with Gasteiger partial charge in [0, 0.05) is 6.54 Å². The molecule has 0 saturated carbocycles. The van der Waals surface area contributed by atoms with E-state index in [0.29, 0.717) is 5.92 Å². The van der Waals surface area contributed by atoms with Gasteiger partial charge in [0.2, 0.25) is 0 Å². The van der Waals surface area contributed by atoms with Crippen LogP contribution < -0.4 is 5.73 Å². The van der Waals surface area contributed by atoms with E-state index in [4.69, 9.17) is 5.73 Å². The lowest BCUT2D eigenvalue weighted by molar-refractivity contribution is 0.423. The van der Waals surface area contributed by atoms with Crippen LogP contribution in [0.2, 0.25) is 0 Å². The van der Waals surface area contributed by atoms with Crippen molar-refractivity contribution < 1.29 is 0 Å². The monoisotopic (exact) mass is 196 g/mol. The van der Waals surface area contributed by atoms with E-state index in [1.807, 2.05) is 6.92 Å². The molecule has 2 atom stereocenters. The Morgan fingerprint density at radius 3 is 2.50 bits per heavy atom. The molecule has 4 heteroatoms. The highest BCUT2D eigenvalue weighted by Gasteiger charge is 2.19. The minimum Gasteiger partial charge on any atom is -0.321 e. The number of rotatable bonds is 4. The Bertz CT molecular complexity index is 292. The van der Waals surface area contributed by atoms with Crippen LogP contribution in [0.1, 0.15) is 44.9 Å². The van der Waals surface area contributed by atoms with Gasteiger partial charge in [-0.05, 0) is 19.8 Å². The zero-order valence-electron chi connectivity index (χ0n) is 9.49. The van der Waals surface area contributed by atoms with Crippen LogP contribution in [-0.2, 0) is 6.54 Å². The molecule has 0 aromatic carbocycles. The van der Waals surface area contributed by atoms with Crippen LogP contribution in [-0.4, -0.2) is 14.8 Å². The smallest absolute Gasteiger partial charge is 0.150 e. The van der Waals surface area contributed by atoms with Crippen molar-refractivity contribution in [3.8, 4) is 0 Å². The molecule has 80 valence electrons. The minimum absolute atomic E-state index is 0.00106. The zero-order valence-corrected chi connectivity index (χ0v) is 9.49. The molecule has 0 aliphatic rings. The number of hydrogen-bond donors (Lipinski definition) is 1. The number of aryl methyl sites for hydroxylation is 1. The van der Waals surface area contributed by atoms with Gasteiger partial charge in [0.15, 0.2) is 0 Å². The molecular formula is C10H20N4. The Labute approximate surface area is 85.5 Å². The molecule has 0 saturated heterocycles. The third kappa shape index (κ3) is 1.95. The van der Waals surface area contributed by atoms with Gasteiger partial charge in [0.25, 0.3) is 0 Å². The molecule has 0 aliphatic heterocycles. The maximum atomic E-state index is 6.12. The first kappa shape index (κ1) is 11.2. The largest absolute Gasteiger partial charge is 0.321 e. The number of nitrogens with two attached hydrogens (primary N) is 1. The lowest BCUT2D eigenvalue weighted by Gasteiger charge is -2.18. The van der Waals surface area contributed by atoms with Crippen LogP contribution in [0.4, 0.5) is 0 Å². The summed E-state index contributed by atoms with van der Waals surface area (Å²) in [5.74, 6) is 2.31. The van der Waals surface area contributed by atoms with E-state index in [1.54, 1.807) is 0 Å². The normalized spacial score (nSPS) is 15.5. The lowest BCUT2D eigenvalue weighted by atomic mass is 9.99. The van der Waals surface area contributed by atoms with E-state index in [1.165, 1.54) is 0 Å². The molecule has 0 aliphatic carbocycles. The van der Waals surface area contributed by atoms with Crippen molar-refractivity contribution in [3.63, 3.8) is 0 Å². The van der Waals surface area contributed by atoms with Crippen molar-refractivity contribution in [1.29, 1.82) is 0 Å². The number of aromatic nitrogens is 3. The summed E-state index contributed by atoms with van der Waals surface area (Å²) in [6, 6.07) is 0.00106. The summed E-state index contributed by atoms with van der Waals surface area (Å²) >= 11 is 0. The molecule has 0 amide bonds.